The van der Waals surface area contributed by atoms with Crippen molar-refractivity contribution in [3.63, 3.8) is 0 Å². The van der Waals surface area contributed by atoms with Gasteiger partial charge in [0.05, 0.1) is 15.6 Å². The highest BCUT2D eigenvalue weighted by molar-refractivity contribution is 7.18. The number of pyridine rings is 1. The molecule has 0 aliphatic carbocycles. The molecule has 2 aromatic rings. The first-order valence-corrected chi connectivity index (χ1v) is 6.57. The smallest absolute Gasteiger partial charge is 0.174 e. The average Bonchev–Trinajstić information content (AvgIpc) is 2.78. The van der Waals surface area contributed by atoms with Crippen molar-refractivity contribution in [1.29, 1.82) is 0 Å². The third-order valence-corrected chi connectivity index (χ3v) is 3.70. The van der Waals surface area contributed by atoms with E-state index in [-0.39, 0.29) is 5.78 Å². The average molecular weight is 261 g/mol. The van der Waals surface area contributed by atoms with Crippen molar-refractivity contribution in [1.82, 2.24) is 4.98 Å². The molecule has 2 aromatic heterocycles. The molecule has 2 rings (SSSR count). The van der Waals surface area contributed by atoms with Crippen LogP contribution in [0.25, 0.3) is 0 Å². The maximum absolute atomic E-state index is 11.6. The van der Waals surface area contributed by atoms with Crippen molar-refractivity contribution in [2.24, 2.45) is 0 Å². The van der Waals surface area contributed by atoms with Crippen molar-refractivity contribution in [3.05, 3.63) is 41.0 Å². The van der Waals surface area contributed by atoms with E-state index < -0.39 is 0 Å². The molecule has 0 aliphatic heterocycles. The van der Waals surface area contributed by atoms with E-state index in [1.165, 1.54) is 11.3 Å². The third kappa shape index (κ3) is 2.87. The van der Waals surface area contributed by atoms with Gasteiger partial charge in [-0.05, 0) is 23.8 Å². The number of nitrogens with one attached hydrogen (secondary N) is 1. The summed E-state index contributed by atoms with van der Waals surface area (Å²) in [5.74, 6) is 0.0921. The number of nitrogens with two attached hydrogens (primary N) is 1. The topological polar surface area (TPSA) is 68.0 Å². The summed E-state index contributed by atoms with van der Waals surface area (Å²) in [4.78, 5) is 16.2. The molecule has 18 heavy (non-hydrogen) atoms. The third-order valence-electron chi connectivity index (χ3n) is 2.55. The number of nitrogen functional groups attached to an aromatic ring is 1. The van der Waals surface area contributed by atoms with E-state index in [1.54, 1.807) is 12.4 Å². The van der Waals surface area contributed by atoms with E-state index in [9.17, 15) is 4.79 Å². The normalized spacial score (nSPS) is 10.3. The van der Waals surface area contributed by atoms with Crippen LogP contribution < -0.4 is 11.1 Å². The van der Waals surface area contributed by atoms with Crippen LogP contribution >= 0.6 is 11.3 Å². The largest absolute Gasteiger partial charge is 0.397 e. The van der Waals surface area contributed by atoms with E-state index in [0.717, 1.165) is 10.6 Å². The van der Waals surface area contributed by atoms with Crippen LogP contribution in [0.1, 0.15) is 28.6 Å². The minimum absolute atomic E-state index is 0.0921. The summed E-state index contributed by atoms with van der Waals surface area (Å²) in [6, 6.07) is 5.71. The summed E-state index contributed by atoms with van der Waals surface area (Å²) in [5.41, 5.74) is 7.52. The molecule has 4 nitrogen and oxygen atoms in total. The fraction of sp³-hybridized carbons (Fsp3) is 0.231. The van der Waals surface area contributed by atoms with Gasteiger partial charge < -0.3 is 11.1 Å². The quantitative estimate of drug-likeness (QED) is 0.812. The Balaban J connectivity index is 2.05. The molecule has 0 bridgehead atoms. The van der Waals surface area contributed by atoms with E-state index in [4.69, 9.17) is 5.73 Å². The Morgan fingerprint density at radius 2 is 2.17 bits per heavy atom. The van der Waals surface area contributed by atoms with Gasteiger partial charge in [0.2, 0.25) is 0 Å². The van der Waals surface area contributed by atoms with Gasteiger partial charge in [-0.1, -0.05) is 6.92 Å². The summed E-state index contributed by atoms with van der Waals surface area (Å²) in [6.07, 6.45) is 3.99. The number of carbonyl (C=O) groups is 1. The number of thiophene rings is 1. The molecule has 0 aliphatic rings. The molecule has 3 N–H and O–H groups in total. The summed E-state index contributed by atoms with van der Waals surface area (Å²) in [7, 11) is 0. The predicted molar refractivity (Wildman–Crippen MR) is 74.9 cm³/mol. The van der Waals surface area contributed by atoms with Crippen molar-refractivity contribution in [2.45, 2.75) is 19.9 Å². The second-order valence-corrected chi connectivity index (χ2v) is 4.93. The Morgan fingerprint density at radius 1 is 1.44 bits per heavy atom. The van der Waals surface area contributed by atoms with Crippen molar-refractivity contribution < 1.29 is 4.79 Å². The number of rotatable bonds is 5. The Hall–Kier alpha value is -1.88. The van der Waals surface area contributed by atoms with Crippen molar-refractivity contribution in [3.8, 4) is 0 Å². The standard InChI is InChI=1S/C13H15N3OS/c1-2-11(17)13-10(14)7-12(18-13)16-8-9-3-5-15-6-4-9/h3-7,16H,2,8,14H2,1H3. The number of anilines is 2. The number of hydrogen-bond donors (Lipinski definition) is 2. The summed E-state index contributed by atoms with van der Waals surface area (Å²) in [6.45, 7) is 2.54. The van der Waals surface area contributed by atoms with Gasteiger partial charge in [0.1, 0.15) is 0 Å². The van der Waals surface area contributed by atoms with Crippen LogP contribution in [0.2, 0.25) is 0 Å². The number of carbonyl (C=O) groups excluding carboxylic acids is 1. The molecule has 94 valence electrons. The molecule has 0 unspecified atom stereocenters. The lowest BCUT2D eigenvalue weighted by atomic mass is 10.2. The highest BCUT2D eigenvalue weighted by Crippen LogP contribution is 2.30. The van der Waals surface area contributed by atoms with E-state index in [1.807, 2.05) is 25.1 Å². The summed E-state index contributed by atoms with van der Waals surface area (Å²) >= 11 is 1.41. The van der Waals surface area contributed by atoms with Crippen LogP contribution in [0.4, 0.5) is 10.7 Å². The number of hydrogen-bond acceptors (Lipinski definition) is 5. The fourth-order valence-electron chi connectivity index (χ4n) is 1.56. The van der Waals surface area contributed by atoms with Gasteiger partial charge >= 0.3 is 0 Å². The lowest BCUT2D eigenvalue weighted by Crippen LogP contribution is -1.97. The molecule has 0 amide bonds. The van der Waals surface area contributed by atoms with E-state index in [2.05, 4.69) is 10.3 Å². The molecule has 2 heterocycles. The summed E-state index contributed by atoms with van der Waals surface area (Å²) < 4.78 is 0. The van der Waals surface area contributed by atoms with Crippen LogP contribution in [0.3, 0.4) is 0 Å². The molecule has 0 fully saturated rings. The minimum atomic E-state index is 0.0921. The van der Waals surface area contributed by atoms with Gasteiger partial charge in [-0.25, -0.2) is 0 Å². The second kappa shape index (κ2) is 5.64. The maximum atomic E-state index is 11.6. The molecule has 0 saturated carbocycles. The zero-order valence-corrected chi connectivity index (χ0v) is 11.0. The highest BCUT2D eigenvalue weighted by Gasteiger charge is 2.12. The molecule has 0 radical (unpaired) electrons. The number of nitrogens with zero attached hydrogens (tertiary/aromatic N) is 1. The van der Waals surface area contributed by atoms with Gasteiger partial charge in [0.25, 0.3) is 0 Å². The Kier molecular flexibility index (Phi) is 3.94. The van der Waals surface area contributed by atoms with E-state index >= 15 is 0 Å². The Morgan fingerprint density at radius 3 is 2.83 bits per heavy atom. The second-order valence-electron chi connectivity index (χ2n) is 3.88. The van der Waals surface area contributed by atoms with Gasteiger partial charge in [-0.3, -0.25) is 9.78 Å². The number of Topliss-reactive ketones (excluding diaryl/α,β-unsaturated/α-hetero) is 1. The van der Waals surface area contributed by atoms with Gasteiger partial charge in [0.15, 0.2) is 5.78 Å². The lowest BCUT2D eigenvalue weighted by molar-refractivity contribution is 0.0993. The SMILES string of the molecule is CCC(=O)c1sc(NCc2ccncc2)cc1N. The minimum Gasteiger partial charge on any atom is -0.397 e. The molecule has 5 heteroatoms. The lowest BCUT2D eigenvalue weighted by Gasteiger charge is -2.02. The number of aromatic nitrogens is 1. The molecule has 0 saturated heterocycles. The highest BCUT2D eigenvalue weighted by atomic mass is 32.1. The first-order chi connectivity index (χ1) is 8.70. The van der Waals surface area contributed by atoms with Gasteiger partial charge in [-0.2, -0.15) is 0 Å². The summed E-state index contributed by atoms with van der Waals surface area (Å²) in [5, 5.41) is 4.18. The van der Waals surface area contributed by atoms with Crippen LogP contribution in [0, 0.1) is 0 Å². The zero-order valence-electron chi connectivity index (χ0n) is 10.1. The van der Waals surface area contributed by atoms with Crippen LogP contribution in [-0.4, -0.2) is 10.8 Å². The Labute approximate surface area is 110 Å². The van der Waals surface area contributed by atoms with E-state index in [0.29, 0.717) is 23.5 Å². The van der Waals surface area contributed by atoms with Gasteiger partial charge in [-0.15, -0.1) is 11.3 Å². The van der Waals surface area contributed by atoms with Crippen LogP contribution in [-0.2, 0) is 6.54 Å². The maximum Gasteiger partial charge on any atom is 0.174 e. The first kappa shape index (κ1) is 12.6. The molecule has 0 atom stereocenters. The molecule has 0 spiro atoms. The van der Waals surface area contributed by atoms with Gasteiger partial charge in [0, 0.05) is 25.4 Å². The molecule has 0 aromatic carbocycles. The van der Waals surface area contributed by atoms with Crippen LogP contribution in [0.5, 0.6) is 0 Å². The zero-order chi connectivity index (χ0) is 13.0. The number of ketones is 1. The van der Waals surface area contributed by atoms with Crippen LogP contribution in [0.15, 0.2) is 30.6 Å². The first-order valence-electron chi connectivity index (χ1n) is 5.76. The van der Waals surface area contributed by atoms with Crippen molar-refractivity contribution in [2.75, 3.05) is 11.1 Å². The fourth-order valence-corrected chi connectivity index (χ4v) is 2.55. The van der Waals surface area contributed by atoms with Crippen molar-refractivity contribution >= 4 is 27.8 Å². The Bertz CT molecular complexity index is 536. The monoisotopic (exact) mass is 261 g/mol. The predicted octanol–water partition coefficient (Wildman–Crippen LogP) is 2.93. The molecular formula is C13H15N3OS. The molecular weight excluding hydrogens is 246 g/mol.